The maximum absolute atomic E-state index is 12.0. The summed E-state index contributed by atoms with van der Waals surface area (Å²) in [5, 5.41) is 0. The maximum atomic E-state index is 12.0. The second-order valence-corrected chi connectivity index (χ2v) is 12.4. The molecule has 0 aliphatic heterocycles. The van der Waals surface area contributed by atoms with Gasteiger partial charge in [-0.25, -0.2) is 23.7 Å². The van der Waals surface area contributed by atoms with Gasteiger partial charge < -0.3 is 14.2 Å². The van der Waals surface area contributed by atoms with Crippen LogP contribution < -0.4 is 14.2 Å². The Morgan fingerprint density at radius 2 is 1.64 bits per heavy atom. The van der Waals surface area contributed by atoms with Crippen LogP contribution in [0.3, 0.4) is 0 Å². The fraction of sp³-hybridized carbons (Fsp3) is 0.561. The van der Waals surface area contributed by atoms with Crippen molar-refractivity contribution in [3.63, 3.8) is 0 Å². The molecule has 2 heterocycles. The third kappa shape index (κ3) is 14.2. The van der Waals surface area contributed by atoms with Gasteiger partial charge in [0, 0.05) is 12.8 Å². The van der Waals surface area contributed by atoms with Crippen LogP contribution in [0.25, 0.3) is 17.0 Å². The summed E-state index contributed by atoms with van der Waals surface area (Å²) in [6, 6.07) is 6.57. The fourth-order valence-corrected chi connectivity index (χ4v) is 4.35. The Morgan fingerprint density at radius 1 is 0.980 bits per heavy atom. The molecule has 0 N–H and O–H groups in total. The van der Waals surface area contributed by atoms with Crippen molar-refractivity contribution >= 4 is 5.57 Å². The second-order valence-electron chi connectivity index (χ2n) is 12.4. The number of hydrogen-bond acceptors (Lipinski definition) is 7. The lowest BCUT2D eigenvalue weighted by molar-refractivity contribution is 0.0633. The molecule has 3 aromatic rings. The van der Waals surface area contributed by atoms with E-state index in [2.05, 4.69) is 80.8 Å². The van der Waals surface area contributed by atoms with Crippen LogP contribution in [0.2, 0.25) is 0 Å². The third-order valence-corrected chi connectivity index (χ3v) is 8.25. The molecule has 7 nitrogen and oxygen atoms in total. The van der Waals surface area contributed by atoms with Crippen LogP contribution in [0.15, 0.2) is 48.4 Å². The van der Waals surface area contributed by atoms with Crippen LogP contribution in [0.1, 0.15) is 137 Å². The number of rotatable bonds is 13. The first-order valence-corrected chi connectivity index (χ1v) is 18.1. The number of nitrogens with zero attached hydrogens (tertiary/aromatic N) is 4. The number of aromatic nitrogens is 4. The number of alkyl halides is 2. The van der Waals surface area contributed by atoms with Gasteiger partial charge in [-0.15, -0.1) is 0 Å². The van der Waals surface area contributed by atoms with Crippen molar-refractivity contribution in [1.82, 2.24) is 19.9 Å². The molecular formula is C41H62F2N4O3. The Labute approximate surface area is 301 Å². The van der Waals surface area contributed by atoms with E-state index < -0.39 is 5.92 Å². The van der Waals surface area contributed by atoms with E-state index in [9.17, 15) is 8.78 Å². The Kier molecular flexibility index (Phi) is 20.1. The van der Waals surface area contributed by atoms with E-state index in [0.29, 0.717) is 35.9 Å². The zero-order chi connectivity index (χ0) is 37.9. The molecule has 0 saturated heterocycles. The molecular weight excluding hydrogens is 634 g/mol. The molecule has 1 aromatic carbocycles. The molecule has 1 fully saturated rings. The lowest BCUT2D eigenvalue weighted by Crippen LogP contribution is -2.10. The van der Waals surface area contributed by atoms with Crippen molar-refractivity contribution < 1.29 is 23.0 Å². The summed E-state index contributed by atoms with van der Waals surface area (Å²) in [4.78, 5) is 18.0. The quantitative estimate of drug-likeness (QED) is 0.165. The van der Waals surface area contributed by atoms with Crippen LogP contribution in [0.4, 0.5) is 8.78 Å². The van der Waals surface area contributed by atoms with E-state index in [1.54, 1.807) is 27.3 Å². The van der Waals surface area contributed by atoms with Gasteiger partial charge in [-0.05, 0) is 80.2 Å². The van der Waals surface area contributed by atoms with Crippen LogP contribution >= 0.6 is 0 Å². The van der Waals surface area contributed by atoms with Crippen LogP contribution in [0.5, 0.6) is 17.5 Å². The van der Waals surface area contributed by atoms with E-state index in [1.165, 1.54) is 42.4 Å². The number of methoxy groups -OCH3 is 2. The smallest absolute Gasteiger partial charge is 0.266 e. The van der Waals surface area contributed by atoms with E-state index >= 15 is 0 Å². The summed E-state index contributed by atoms with van der Waals surface area (Å²) >= 11 is 0. The maximum Gasteiger partial charge on any atom is 0.266 e. The van der Waals surface area contributed by atoms with Crippen molar-refractivity contribution in [2.75, 3.05) is 14.2 Å². The minimum Gasteiger partial charge on any atom is -0.490 e. The van der Waals surface area contributed by atoms with Gasteiger partial charge in [0.15, 0.2) is 11.6 Å². The highest BCUT2D eigenvalue weighted by Crippen LogP contribution is 2.45. The first kappa shape index (κ1) is 44.1. The van der Waals surface area contributed by atoms with Crippen LogP contribution in [-0.4, -0.2) is 40.1 Å². The summed E-state index contributed by atoms with van der Waals surface area (Å²) in [7, 11) is 3.18. The molecule has 0 bridgehead atoms. The SMILES string of the molecule is C/C=C(\C)C(C)(F)F.CC.CCC(C)C.CCCC=C(C)c1ccc(COc2nc(-c3c(OC)ncnc3C3CC3)ncc2OC)c(CC)c1. The zero-order valence-electron chi connectivity index (χ0n) is 32.9. The van der Waals surface area contributed by atoms with Gasteiger partial charge in [-0.3, -0.25) is 0 Å². The zero-order valence-corrected chi connectivity index (χ0v) is 32.9. The van der Waals surface area contributed by atoms with Crippen molar-refractivity contribution in [3.8, 4) is 28.9 Å². The summed E-state index contributed by atoms with van der Waals surface area (Å²) in [6.45, 7) is 21.5. The fourth-order valence-electron chi connectivity index (χ4n) is 4.35. The van der Waals surface area contributed by atoms with Gasteiger partial charge in [-0.2, -0.15) is 4.98 Å². The number of aryl methyl sites for hydroxylation is 1. The Hall–Kier alpha value is -3.88. The minimum atomic E-state index is -2.63. The Balaban J connectivity index is 0.000000702. The average molecular weight is 697 g/mol. The van der Waals surface area contributed by atoms with Gasteiger partial charge >= 0.3 is 0 Å². The number of allylic oxidation sites excluding steroid dienone is 4. The van der Waals surface area contributed by atoms with Gasteiger partial charge in [0.25, 0.3) is 11.8 Å². The number of unbranched alkanes of at least 4 members (excludes halogenated alkanes) is 1. The topological polar surface area (TPSA) is 79.3 Å². The molecule has 1 saturated carbocycles. The predicted molar refractivity (Wildman–Crippen MR) is 203 cm³/mol. The molecule has 0 unspecified atom stereocenters. The highest BCUT2D eigenvalue weighted by molar-refractivity contribution is 5.67. The molecule has 50 heavy (non-hydrogen) atoms. The van der Waals surface area contributed by atoms with Gasteiger partial charge in [0.1, 0.15) is 18.5 Å². The highest BCUT2D eigenvalue weighted by Gasteiger charge is 2.31. The van der Waals surface area contributed by atoms with Crippen LogP contribution in [-0.2, 0) is 13.0 Å². The summed E-state index contributed by atoms with van der Waals surface area (Å²) in [6.07, 6.45) is 13.5. The Bertz CT molecular complexity index is 1500. The molecule has 0 spiro atoms. The van der Waals surface area contributed by atoms with Gasteiger partial charge in [-0.1, -0.05) is 91.7 Å². The molecule has 0 radical (unpaired) electrons. The lowest BCUT2D eigenvalue weighted by atomic mass is 9.98. The van der Waals surface area contributed by atoms with E-state index in [0.717, 1.165) is 61.8 Å². The van der Waals surface area contributed by atoms with Crippen LogP contribution in [0, 0.1) is 5.92 Å². The van der Waals surface area contributed by atoms with Gasteiger partial charge in [0.05, 0.1) is 26.1 Å². The molecule has 9 heteroatoms. The number of hydrogen-bond donors (Lipinski definition) is 0. The van der Waals surface area contributed by atoms with Crippen molar-refractivity contribution in [1.29, 1.82) is 0 Å². The Morgan fingerprint density at radius 3 is 2.12 bits per heavy atom. The molecule has 0 atom stereocenters. The second kappa shape index (κ2) is 22.8. The molecule has 4 rings (SSSR count). The molecule has 1 aliphatic rings. The largest absolute Gasteiger partial charge is 0.490 e. The summed E-state index contributed by atoms with van der Waals surface area (Å²) in [5.74, 6) is 0.443. The van der Waals surface area contributed by atoms with E-state index in [4.69, 9.17) is 19.2 Å². The van der Waals surface area contributed by atoms with E-state index in [-0.39, 0.29) is 5.57 Å². The monoisotopic (exact) mass is 696 g/mol. The molecule has 0 amide bonds. The number of ether oxygens (including phenoxy) is 3. The van der Waals surface area contributed by atoms with Gasteiger partial charge in [0.2, 0.25) is 5.88 Å². The molecule has 1 aliphatic carbocycles. The lowest BCUT2D eigenvalue weighted by Gasteiger charge is -2.15. The van der Waals surface area contributed by atoms with Crippen molar-refractivity contribution in [3.05, 3.63) is 70.8 Å². The number of benzene rings is 1. The number of halogens is 2. The minimum absolute atomic E-state index is 0.123. The van der Waals surface area contributed by atoms with Crippen molar-refractivity contribution in [2.45, 2.75) is 133 Å². The first-order chi connectivity index (χ1) is 23.8. The van der Waals surface area contributed by atoms with E-state index in [1.807, 2.05) is 13.8 Å². The predicted octanol–water partition coefficient (Wildman–Crippen LogP) is 11.9. The highest BCUT2D eigenvalue weighted by atomic mass is 19.3. The summed E-state index contributed by atoms with van der Waals surface area (Å²) in [5.41, 5.74) is 6.71. The first-order valence-electron chi connectivity index (χ1n) is 18.1. The molecule has 2 aromatic heterocycles. The standard InChI is InChI=1S/C28H34N4O3.C6H10F2.C5H12.C2H6/c1-6-8-9-18(3)21-12-13-22(19(7-2)14-21)16-35-27-23(33-4)15-29-26(32-27)24-25(20-10-11-20)30-17-31-28(24)34-5;1-4-5(2)6(3,7)8;1-4-5(2)3;1-2/h9,12-15,17,20H,6-8,10-11,16H2,1-5H3;4H,1-3H3;5H,4H2,1-3H3;1-2H3/b;5-4+;;. The third-order valence-electron chi connectivity index (χ3n) is 8.25. The van der Waals surface area contributed by atoms with Crippen molar-refractivity contribution in [2.24, 2.45) is 5.92 Å². The molecule has 278 valence electrons. The normalized spacial score (nSPS) is 12.9. The summed E-state index contributed by atoms with van der Waals surface area (Å²) < 4.78 is 41.3. The average Bonchev–Trinajstić information content (AvgIpc) is 3.98.